The SMILES string of the molecule is CC(C)Oc1ncc(C(=O)N2CCC[C@@H]([C@@H](C)O)C2)cc1Cl. The van der Waals surface area contributed by atoms with Crippen molar-refractivity contribution in [2.75, 3.05) is 13.1 Å². The molecule has 2 heterocycles. The van der Waals surface area contributed by atoms with Crippen molar-refractivity contribution < 1.29 is 14.6 Å². The number of aromatic nitrogens is 1. The number of halogens is 1. The van der Waals surface area contributed by atoms with Crippen LogP contribution < -0.4 is 4.74 Å². The summed E-state index contributed by atoms with van der Waals surface area (Å²) in [7, 11) is 0. The second-order valence-corrected chi connectivity index (χ2v) is 6.48. The lowest BCUT2D eigenvalue weighted by Crippen LogP contribution is -2.43. The number of hydrogen-bond acceptors (Lipinski definition) is 4. The van der Waals surface area contributed by atoms with Crippen molar-refractivity contribution in [3.8, 4) is 5.88 Å². The van der Waals surface area contributed by atoms with Gasteiger partial charge in [-0.2, -0.15) is 0 Å². The third-order valence-electron chi connectivity index (χ3n) is 3.83. The Bertz CT molecular complexity index is 534. The zero-order valence-electron chi connectivity index (χ0n) is 13.3. The van der Waals surface area contributed by atoms with Crippen molar-refractivity contribution in [2.24, 2.45) is 5.92 Å². The molecule has 1 aliphatic rings. The fourth-order valence-electron chi connectivity index (χ4n) is 2.62. The molecular weight excluding hydrogens is 304 g/mol. The van der Waals surface area contributed by atoms with Crippen molar-refractivity contribution in [1.82, 2.24) is 9.88 Å². The third kappa shape index (κ3) is 4.11. The van der Waals surface area contributed by atoms with E-state index in [2.05, 4.69) is 4.98 Å². The zero-order chi connectivity index (χ0) is 16.3. The van der Waals surface area contributed by atoms with E-state index in [9.17, 15) is 9.90 Å². The lowest BCUT2D eigenvalue weighted by atomic mass is 9.93. The number of likely N-dealkylation sites (tertiary alicyclic amines) is 1. The van der Waals surface area contributed by atoms with Gasteiger partial charge in [0.2, 0.25) is 5.88 Å². The molecule has 2 rings (SSSR count). The molecule has 1 fully saturated rings. The van der Waals surface area contributed by atoms with Gasteiger partial charge >= 0.3 is 0 Å². The molecule has 0 aromatic carbocycles. The van der Waals surface area contributed by atoms with Crippen molar-refractivity contribution in [3.63, 3.8) is 0 Å². The number of aliphatic hydroxyl groups is 1. The number of carbonyl (C=O) groups is 1. The molecule has 0 saturated carbocycles. The van der Waals surface area contributed by atoms with Crippen molar-refractivity contribution in [3.05, 3.63) is 22.8 Å². The summed E-state index contributed by atoms with van der Waals surface area (Å²) in [5.74, 6) is 0.370. The van der Waals surface area contributed by atoms with Gasteiger partial charge in [0.15, 0.2) is 0 Å². The molecule has 0 spiro atoms. The summed E-state index contributed by atoms with van der Waals surface area (Å²) in [6.45, 7) is 6.82. The van der Waals surface area contributed by atoms with Crippen LogP contribution in [0.1, 0.15) is 44.0 Å². The topological polar surface area (TPSA) is 62.7 Å². The van der Waals surface area contributed by atoms with Crippen LogP contribution in [-0.4, -0.2) is 46.2 Å². The number of carbonyl (C=O) groups excluding carboxylic acids is 1. The summed E-state index contributed by atoms with van der Waals surface area (Å²) in [5.41, 5.74) is 0.451. The summed E-state index contributed by atoms with van der Waals surface area (Å²) in [5, 5.41) is 10.1. The highest BCUT2D eigenvalue weighted by atomic mass is 35.5. The van der Waals surface area contributed by atoms with E-state index in [0.717, 1.165) is 12.8 Å². The fraction of sp³-hybridized carbons (Fsp3) is 0.625. The van der Waals surface area contributed by atoms with Crippen LogP contribution in [0.4, 0.5) is 0 Å². The molecular formula is C16H23ClN2O3. The van der Waals surface area contributed by atoms with Crippen LogP contribution in [0.5, 0.6) is 5.88 Å². The number of ether oxygens (including phenoxy) is 1. The van der Waals surface area contributed by atoms with Gasteiger partial charge in [-0.05, 0) is 39.7 Å². The van der Waals surface area contributed by atoms with Gasteiger partial charge in [-0.3, -0.25) is 4.79 Å². The number of nitrogens with zero attached hydrogens (tertiary/aromatic N) is 2. The van der Waals surface area contributed by atoms with E-state index in [-0.39, 0.29) is 17.9 Å². The van der Waals surface area contributed by atoms with E-state index in [1.165, 1.54) is 6.20 Å². The van der Waals surface area contributed by atoms with Crippen LogP contribution >= 0.6 is 11.6 Å². The highest BCUT2D eigenvalue weighted by molar-refractivity contribution is 6.32. The van der Waals surface area contributed by atoms with Gasteiger partial charge in [-0.25, -0.2) is 4.98 Å². The largest absolute Gasteiger partial charge is 0.474 e. The Labute approximate surface area is 136 Å². The second kappa shape index (κ2) is 7.29. The zero-order valence-corrected chi connectivity index (χ0v) is 14.0. The predicted molar refractivity (Wildman–Crippen MR) is 85.3 cm³/mol. The average molecular weight is 327 g/mol. The second-order valence-electron chi connectivity index (χ2n) is 6.07. The highest BCUT2D eigenvalue weighted by Gasteiger charge is 2.27. The minimum Gasteiger partial charge on any atom is -0.474 e. The van der Waals surface area contributed by atoms with Crippen LogP contribution in [-0.2, 0) is 0 Å². The fourth-order valence-corrected chi connectivity index (χ4v) is 2.83. The normalized spacial score (nSPS) is 20.1. The van der Waals surface area contributed by atoms with Gasteiger partial charge < -0.3 is 14.7 Å². The first kappa shape index (κ1) is 17.0. The maximum Gasteiger partial charge on any atom is 0.255 e. The maximum atomic E-state index is 12.6. The van der Waals surface area contributed by atoms with E-state index in [0.29, 0.717) is 29.6 Å². The quantitative estimate of drug-likeness (QED) is 0.924. The Morgan fingerprint density at radius 1 is 1.50 bits per heavy atom. The molecule has 5 nitrogen and oxygen atoms in total. The van der Waals surface area contributed by atoms with Gasteiger partial charge in [0, 0.05) is 25.2 Å². The molecule has 0 radical (unpaired) electrons. The molecule has 122 valence electrons. The Kier molecular flexibility index (Phi) is 5.64. The predicted octanol–water partition coefficient (Wildman–Crippen LogP) is 2.76. The van der Waals surface area contributed by atoms with Gasteiger partial charge in [0.1, 0.15) is 5.02 Å². The summed E-state index contributed by atoms with van der Waals surface area (Å²) in [6, 6.07) is 1.60. The minimum absolute atomic E-state index is 0.0274. The summed E-state index contributed by atoms with van der Waals surface area (Å²) in [4.78, 5) is 18.5. The average Bonchev–Trinajstić information content (AvgIpc) is 2.48. The molecule has 1 aromatic rings. The highest BCUT2D eigenvalue weighted by Crippen LogP contribution is 2.26. The summed E-state index contributed by atoms with van der Waals surface area (Å²) >= 11 is 6.14. The Hall–Kier alpha value is -1.33. The van der Waals surface area contributed by atoms with Crippen LogP contribution in [0.2, 0.25) is 5.02 Å². The van der Waals surface area contributed by atoms with Gasteiger partial charge in [-0.15, -0.1) is 0 Å². The lowest BCUT2D eigenvalue weighted by Gasteiger charge is -2.34. The van der Waals surface area contributed by atoms with E-state index in [1.54, 1.807) is 17.9 Å². The standard InChI is InChI=1S/C16H23ClN2O3/c1-10(2)22-15-14(17)7-13(8-18-15)16(21)19-6-4-5-12(9-19)11(3)20/h7-8,10-12,20H,4-6,9H2,1-3H3/t11-,12-/m1/s1. The van der Waals surface area contributed by atoms with E-state index in [1.807, 2.05) is 13.8 Å². The first-order chi connectivity index (χ1) is 10.4. The molecule has 0 bridgehead atoms. The molecule has 1 N–H and O–H groups in total. The monoisotopic (exact) mass is 326 g/mol. The molecule has 22 heavy (non-hydrogen) atoms. The van der Waals surface area contributed by atoms with Crippen molar-refractivity contribution in [2.45, 2.75) is 45.8 Å². The number of pyridine rings is 1. The number of piperidine rings is 1. The Morgan fingerprint density at radius 3 is 2.82 bits per heavy atom. The molecule has 1 aromatic heterocycles. The number of hydrogen-bond donors (Lipinski definition) is 1. The first-order valence-corrected chi connectivity index (χ1v) is 8.05. The Balaban J connectivity index is 2.10. The smallest absolute Gasteiger partial charge is 0.255 e. The van der Waals surface area contributed by atoms with Crippen LogP contribution in [0.15, 0.2) is 12.3 Å². The van der Waals surface area contributed by atoms with Crippen LogP contribution in [0.25, 0.3) is 0 Å². The molecule has 6 heteroatoms. The number of aliphatic hydroxyl groups excluding tert-OH is 1. The Morgan fingerprint density at radius 2 is 2.23 bits per heavy atom. The third-order valence-corrected chi connectivity index (χ3v) is 4.10. The van der Waals surface area contributed by atoms with Crippen molar-refractivity contribution >= 4 is 17.5 Å². The lowest BCUT2D eigenvalue weighted by molar-refractivity contribution is 0.0465. The molecule has 2 atom stereocenters. The summed E-state index contributed by atoms with van der Waals surface area (Å²) < 4.78 is 5.47. The van der Waals surface area contributed by atoms with E-state index >= 15 is 0 Å². The number of amides is 1. The first-order valence-electron chi connectivity index (χ1n) is 7.68. The van der Waals surface area contributed by atoms with Crippen LogP contribution in [0, 0.1) is 5.92 Å². The van der Waals surface area contributed by atoms with E-state index in [4.69, 9.17) is 16.3 Å². The van der Waals surface area contributed by atoms with Gasteiger partial charge in [0.25, 0.3) is 5.91 Å². The molecule has 1 saturated heterocycles. The van der Waals surface area contributed by atoms with Gasteiger partial charge in [0.05, 0.1) is 17.8 Å². The molecule has 0 aliphatic carbocycles. The molecule has 1 amide bonds. The van der Waals surface area contributed by atoms with Gasteiger partial charge in [-0.1, -0.05) is 11.6 Å². The van der Waals surface area contributed by atoms with E-state index < -0.39 is 6.10 Å². The molecule has 0 unspecified atom stereocenters. The number of rotatable bonds is 4. The van der Waals surface area contributed by atoms with Crippen molar-refractivity contribution in [1.29, 1.82) is 0 Å². The van der Waals surface area contributed by atoms with Crippen LogP contribution in [0.3, 0.4) is 0 Å². The summed E-state index contributed by atoms with van der Waals surface area (Å²) in [6.07, 6.45) is 2.91. The molecule has 1 aliphatic heterocycles. The minimum atomic E-state index is -0.404. The maximum absolute atomic E-state index is 12.6.